The average Bonchev–Trinajstić information content (AvgIpc) is 2.30. The van der Waals surface area contributed by atoms with Gasteiger partial charge < -0.3 is 15.2 Å². The van der Waals surface area contributed by atoms with Crippen LogP contribution >= 0.6 is 0 Å². The van der Waals surface area contributed by atoms with Gasteiger partial charge >= 0.3 is 0 Å². The van der Waals surface area contributed by atoms with Gasteiger partial charge in [0.15, 0.2) is 0 Å². The number of nitrogens with one attached hydrogen (secondary N) is 1. The minimum Gasteiger partial charge on any atom is -0.506 e. The largest absolute Gasteiger partial charge is 0.506 e. The molecule has 0 aliphatic rings. The number of aromatic hydroxyl groups is 1. The van der Waals surface area contributed by atoms with Crippen LogP contribution in [-0.2, 0) is 9.53 Å². The number of phenols is 1. The van der Waals surface area contributed by atoms with E-state index >= 15 is 0 Å². The van der Waals surface area contributed by atoms with Crippen LogP contribution in [0.2, 0.25) is 0 Å². The Bertz CT molecular complexity index is 446. The fraction of sp³-hybridized carbons (Fsp3) is 0.300. The Morgan fingerprint density at radius 3 is 2.76 bits per heavy atom. The van der Waals surface area contributed by atoms with Gasteiger partial charge in [-0.15, -0.1) is 0 Å². The summed E-state index contributed by atoms with van der Waals surface area (Å²) < 4.78 is 4.77. The van der Waals surface area contributed by atoms with E-state index in [2.05, 4.69) is 5.32 Å². The van der Waals surface area contributed by atoms with E-state index < -0.39 is 16.9 Å². The molecule has 7 heteroatoms. The number of phenolic OH excluding ortho intramolecular Hbond substituents is 1. The van der Waals surface area contributed by atoms with Gasteiger partial charge in [-0.3, -0.25) is 14.9 Å². The second-order valence-corrected chi connectivity index (χ2v) is 3.33. The van der Waals surface area contributed by atoms with Crippen LogP contribution in [0, 0.1) is 10.1 Å². The van der Waals surface area contributed by atoms with Gasteiger partial charge in [0.05, 0.1) is 10.6 Å². The molecular weight excluding hydrogens is 228 g/mol. The van der Waals surface area contributed by atoms with Crippen molar-refractivity contribution in [1.82, 2.24) is 0 Å². The third-order valence-electron chi connectivity index (χ3n) is 2.17. The average molecular weight is 240 g/mol. The van der Waals surface area contributed by atoms with Gasteiger partial charge in [0.25, 0.3) is 11.6 Å². The number of carbonyl (C=O) groups excluding carboxylic acids is 1. The summed E-state index contributed by atoms with van der Waals surface area (Å²) >= 11 is 0. The number of ether oxygens (including phenoxy) is 1. The molecule has 0 saturated heterocycles. The lowest BCUT2D eigenvalue weighted by atomic mass is 10.2. The Labute approximate surface area is 97.2 Å². The van der Waals surface area contributed by atoms with E-state index in [0.29, 0.717) is 0 Å². The van der Waals surface area contributed by atoms with Crippen LogP contribution in [0.4, 0.5) is 11.4 Å². The molecule has 0 aromatic heterocycles. The first-order valence-corrected chi connectivity index (χ1v) is 4.76. The highest BCUT2D eigenvalue weighted by Crippen LogP contribution is 2.27. The zero-order valence-electron chi connectivity index (χ0n) is 9.34. The maximum Gasteiger partial charge on any atom is 0.271 e. The summed E-state index contributed by atoms with van der Waals surface area (Å²) in [6, 6.07) is 3.37. The van der Waals surface area contributed by atoms with Gasteiger partial charge in [0.1, 0.15) is 11.9 Å². The number of anilines is 1. The van der Waals surface area contributed by atoms with Crippen molar-refractivity contribution in [3.63, 3.8) is 0 Å². The maximum atomic E-state index is 11.5. The molecular formula is C10H12N2O5. The van der Waals surface area contributed by atoms with Crippen LogP contribution in [0.15, 0.2) is 18.2 Å². The molecule has 1 aromatic carbocycles. The highest BCUT2D eigenvalue weighted by atomic mass is 16.6. The quantitative estimate of drug-likeness (QED) is 0.468. The smallest absolute Gasteiger partial charge is 0.271 e. The summed E-state index contributed by atoms with van der Waals surface area (Å²) in [5.41, 5.74) is -0.240. The summed E-state index contributed by atoms with van der Waals surface area (Å²) in [4.78, 5) is 21.4. The van der Waals surface area contributed by atoms with Crippen LogP contribution < -0.4 is 5.32 Å². The van der Waals surface area contributed by atoms with E-state index in [4.69, 9.17) is 4.74 Å². The number of nitro groups is 1. The van der Waals surface area contributed by atoms with E-state index in [1.807, 2.05) is 0 Å². The summed E-state index contributed by atoms with van der Waals surface area (Å²) in [6.45, 7) is 1.52. The highest BCUT2D eigenvalue weighted by molar-refractivity contribution is 5.95. The Balaban J connectivity index is 2.94. The van der Waals surface area contributed by atoms with Crippen LogP contribution in [0.5, 0.6) is 5.75 Å². The lowest BCUT2D eigenvalue weighted by Crippen LogP contribution is -2.26. The minimum absolute atomic E-state index is 0.0203. The zero-order valence-corrected chi connectivity index (χ0v) is 9.34. The van der Waals surface area contributed by atoms with Crippen molar-refractivity contribution >= 4 is 17.3 Å². The summed E-state index contributed by atoms with van der Waals surface area (Å²) in [5, 5.41) is 22.3. The van der Waals surface area contributed by atoms with Gasteiger partial charge in [-0.2, -0.15) is 0 Å². The van der Waals surface area contributed by atoms with E-state index in [9.17, 15) is 20.0 Å². The molecule has 92 valence electrons. The number of non-ortho nitro benzene ring substituents is 1. The molecule has 0 bridgehead atoms. The zero-order chi connectivity index (χ0) is 13.0. The second kappa shape index (κ2) is 5.26. The number of nitro benzene ring substituents is 1. The minimum atomic E-state index is -0.714. The van der Waals surface area contributed by atoms with Gasteiger partial charge in [-0.25, -0.2) is 0 Å². The van der Waals surface area contributed by atoms with Crippen LogP contribution in [0.3, 0.4) is 0 Å². The van der Waals surface area contributed by atoms with Crippen molar-refractivity contribution in [1.29, 1.82) is 0 Å². The molecule has 1 atom stereocenters. The van der Waals surface area contributed by atoms with Gasteiger partial charge in [0, 0.05) is 19.2 Å². The Hall–Kier alpha value is -2.15. The van der Waals surface area contributed by atoms with Gasteiger partial charge in [0.2, 0.25) is 0 Å². The van der Waals surface area contributed by atoms with Crippen molar-refractivity contribution in [2.24, 2.45) is 0 Å². The number of nitrogens with zero attached hydrogens (tertiary/aromatic N) is 1. The monoisotopic (exact) mass is 240 g/mol. The predicted octanol–water partition coefficient (Wildman–Crippen LogP) is 1.27. The summed E-state index contributed by atoms with van der Waals surface area (Å²) in [5.74, 6) is -0.740. The Morgan fingerprint density at radius 2 is 2.24 bits per heavy atom. The molecule has 0 fully saturated rings. The molecule has 0 heterocycles. The van der Waals surface area contributed by atoms with E-state index in [1.165, 1.54) is 14.0 Å². The number of benzene rings is 1. The highest BCUT2D eigenvalue weighted by Gasteiger charge is 2.16. The lowest BCUT2D eigenvalue weighted by Gasteiger charge is -2.11. The second-order valence-electron chi connectivity index (χ2n) is 3.33. The molecule has 1 amide bonds. The molecule has 2 N–H and O–H groups in total. The molecule has 0 spiro atoms. The molecule has 7 nitrogen and oxygen atoms in total. The van der Waals surface area contributed by atoms with Crippen molar-refractivity contribution in [2.45, 2.75) is 13.0 Å². The number of hydrogen-bond donors (Lipinski definition) is 2. The fourth-order valence-corrected chi connectivity index (χ4v) is 1.08. The number of rotatable bonds is 4. The molecule has 0 radical (unpaired) electrons. The molecule has 0 aliphatic heterocycles. The third kappa shape index (κ3) is 3.15. The third-order valence-corrected chi connectivity index (χ3v) is 2.17. The number of carbonyl (C=O) groups is 1. The molecule has 1 aromatic rings. The first-order valence-electron chi connectivity index (χ1n) is 4.76. The Morgan fingerprint density at radius 1 is 1.59 bits per heavy atom. The van der Waals surface area contributed by atoms with Crippen molar-refractivity contribution in [3.05, 3.63) is 28.3 Å². The molecule has 17 heavy (non-hydrogen) atoms. The normalized spacial score (nSPS) is 11.9. The summed E-state index contributed by atoms with van der Waals surface area (Å²) in [6.07, 6.45) is -0.714. The van der Waals surface area contributed by atoms with Gasteiger partial charge in [-0.05, 0) is 13.0 Å². The van der Waals surface area contributed by atoms with E-state index in [0.717, 1.165) is 18.2 Å². The van der Waals surface area contributed by atoms with Crippen molar-refractivity contribution in [2.75, 3.05) is 12.4 Å². The number of hydrogen-bond acceptors (Lipinski definition) is 5. The first-order chi connectivity index (χ1) is 7.95. The van der Waals surface area contributed by atoms with Crippen LogP contribution in [-0.4, -0.2) is 29.2 Å². The van der Waals surface area contributed by atoms with Gasteiger partial charge in [-0.1, -0.05) is 0 Å². The van der Waals surface area contributed by atoms with Crippen LogP contribution in [0.1, 0.15) is 6.92 Å². The van der Waals surface area contributed by atoms with Crippen LogP contribution in [0.25, 0.3) is 0 Å². The van der Waals surface area contributed by atoms with Crippen molar-refractivity contribution < 1.29 is 19.6 Å². The van der Waals surface area contributed by atoms with E-state index in [1.54, 1.807) is 0 Å². The summed E-state index contributed by atoms with van der Waals surface area (Å²) in [7, 11) is 1.36. The molecule has 0 saturated carbocycles. The van der Waals surface area contributed by atoms with E-state index in [-0.39, 0.29) is 17.1 Å². The first kappa shape index (κ1) is 12.9. The molecule has 1 rings (SSSR count). The maximum absolute atomic E-state index is 11.5. The lowest BCUT2D eigenvalue weighted by molar-refractivity contribution is -0.384. The number of amides is 1. The topological polar surface area (TPSA) is 102 Å². The number of methoxy groups -OCH3 is 1. The SMILES string of the molecule is CO[C@H](C)C(=O)Nc1cc([N+](=O)[O-])ccc1O. The molecule has 0 aliphatic carbocycles. The fourth-order valence-electron chi connectivity index (χ4n) is 1.08. The van der Waals surface area contributed by atoms with Crippen molar-refractivity contribution in [3.8, 4) is 5.75 Å². The Kier molecular flexibility index (Phi) is 4.00. The molecule has 0 unspecified atom stereocenters. The predicted molar refractivity (Wildman–Crippen MR) is 59.9 cm³/mol. The standard InChI is InChI=1S/C10H12N2O5/c1-6(17-2)10(14)11-8-5-7(12(15)16)3-4-9(8)13/h3-6,13H,1-2H3,(H,11,14)/t6-/m1/s1.